The van der Waals surface area contributed by atoms with Crippen molar-refractivity contribution in [3.05, 3.63) is 60.3 Å². The third-order valence-corrected chi connectivity index (χ3v) is 4.51. The number of hydrogen-bond acceptors (Lipinski definition) is 4. The molecule has 0 unspecified atom stereocenters. The highest BCUT2D eigenvalue weighted by molar-refractivity contribution is 7.21. The van der Waals surface area contributed by atoms with Crippen LogP contribution in [0.25, 0.3) is 20.8 Å². The van der Waals surface area contributed by atoms with Crippen LogP contribution in [0.4, 0.5) is 18.9 Å². The molecule has 3 aromatic rings. The predicted molar refractivity (Wildman–Crippen MR) is 93.6 cm³/mol. The van der Waals surface area contributed by atoms with Gasteiger partial charge in [-0.1, -0.05) is 6.07 Å². The molecule has 0 radical (unpaired) electrons. The lowest BCUT2D eigenvalue weighted by Gasteiger charge is -2.03. The molecule has 3 nitrogen and oxygen atoms in total. The molecule has 0 bridgehead atoms. The first-order valence-electron chi connectivity index (χ1n) is 7.35. The number of benzene rings is 2. The number of fused-ring (bicyclic) bond motifs is 1. The molecule has 1 N–H and O–H groups in total. The quantitative estimate of drug-likeness (QED) is 0.638. The molecule has 0 aliphatic carbocycles. The molecule has 0 fully saturated rings. The summed E-state index contributed by atoms with van der Waals surface area (Å²) in [5.74, 6) is -1.90. The topological polar surface area (TPSA) is 42.0 Å². The Labute approximate surface area is 145 Å². The normalized spacial score (nSPS) is 12.0. The summed E-state index contributed by atoms with van der Waals surface area (Å²) in [5, 5.41) is 3.51. The summed E-state index contributed by atoms with van der Waals surface area (Å²) in [5.41, 5.74) is 3.59. The number of ketones is 1. The first kappa shape index (κ1) is 17.2. The van der Waals surface area contributed by atoms with E-state index in [1.807, 2.05) is 31.2 Å². The minimum atomic E-state index is -4.85. The number of aryl methyl sites for hydroxylation is 1. The Morgan fingerprint density at radius 3 is 2.56 bits per heavy atom. The summed E-state index contributed by atoms with van der Waals surface area (Å²) in [4.78, 5) is 15.3. The molecule has 3 rings (SSSR count). The maximum atomic E-state index is 12.1. The second kappa shape index (κ2) is 6.68. The number of aromatic nitrogens is 1. The highest BCUT2D eigenvalue weighted by Crippen LogP contribution is 2.31. The average Bonchev–Trinajstić information content (AvgIpc) is 2.97. The number of carbonyl (C=O) groups is 1. The van der Waals surface area contributed by atoms with Gasteiger partial charge in [0.05, 0.1) is 10.2 Å². The molecule has 1 aromatic heterocycles. The van der Waals surface area contributed by atoms with Crippen LogP contribution in [0.2, 0.25) is 0 Å². The SMILES string of the molecule is Cc1ccc2nc(-c3ccc(N/C=C/C(=O)C(F)(F)F)cc3)sc2c1. The third kappa shape index (κ3) is 4.06. The number of allylic oxidation sites excluding steroid dienone is 1. The number of nitrogens with zero attached hydrogens (tertiary/aromatic N) is 1. The van der Waals surface area contributed by atoms with Crippen LogP contribution in [0.1, 0.15) is 5.56 Å². The van der Waals surface area contributed by atoms with Crippen LogP contribution in [0.15, 0.2) is 54.7 Å². The van der Waals surface area contributed by atoms with Crippen LogP contribution in [-0.4, -0.2) is 16.9 Å². The van der Waals surface area contributed by atoms with Gasteiger partial charge < -0.3 is 5.32 Å². The Bertz CT molecular complexity index is 943. The molecule has 0 amide bonds. The van der Waals surface area contributed by atoms with Crippen LogP contribution in [-0.2, 0) is 4.79 Å². The van der Waals surface area contributed by atoms with Gasteiger partial charge in [0.2, 0.25) is 0 Å². The van der Waals surface area contributed by atoms with Gasteiger partial charge in [-0.05, 0) is 48.9 Å². The van der Waals surface area contributed by atoms with E-state index in [0.717, 1.165) is 27.0 Å². The third-order valence-electron chi connectivity index (χ3n) is 3.44. The Kier molecular flexibility index (Phi) is 4.59. The number of carbonyl (C=O) groups excluding carboxylic acids is 1. The fraction of sp³-hybridized carbons (Fsp3) is 0.111. The second-order valence-electron chi connectivity index (χ2n) is 5.41. The summed E-state index contributed by atoms with van der Waals surface area (Å²) >= 11 is 1.58. The van der Waals surface area contributed by atoms with Crippen molar-refractivity contribution < 1.29 is 18.0 Å². The largest absolute Gasteiger partial charge is 0.454 e. The standard InChI is InChI=1S/C18H13F3N2OS/c1-11-2-7-14-15(10-11)25-17(23-14)12-3-5-13(6-4-12)22-9-8-16(24)18(19,20)21/h2-10,22H,1H3/b9-8+. The highest BCUT2D eigenvalue weighted by atomic mass is 32.1. The molecule has 2 aromatic carbocycles. The number of nitrogens with one attached hydrogen (secondary N) is 1. The van der Waals surface area contributed by atoms with Crippen molar-refractivity contribution in [2.75, 3.05) is 5.32 Å². The van der Waals surface area contributed by atoms with Crippen LogP contribution in [0.3, 0.4) is 0 Å². The van der Waals surface area contributed by atoms with Gasteiger partial charge in [0.15, 0.2) is 0 Å². The molecule has 0 saturated carbocycles. The number of thiazole rings is 1. The fourth-order valence-electron chi connectivity index (χ4n) is 2.17. The van der Waals surface area contributed by atoms with Crippen molar-refractivity contribution >= 4 is 33.0 Å². The molecule has 0 saturated heterocycles. The van der Waals surface area contributed by atoms with Crippen molar-refractivity contribution in [3.8, 4) is 10.6 Å². The summed E-state index contributed by atoms with van der Waals surface area (Å²) in [6.07, 6.45) is -3.41. The first-order valence-corrected chi connectivity index (χ1v) is 8.16. The summed E-state index contributed by atoms with van der Waals surface area (Å²) in [7, 11) is 0. The Hall–Kier alpha value is -2.67. The maximum absolute atomic E-state index is 12.1. The number of hydrogen-bond donors (Lipinski definition) is 1. The predicted octanol–water partition coefficient (Wildman–Crippen LogP) is 5.33. The van der Waals surface area contributed by atoms with Crippen molar-refractivity contribution in [2.45, 2.75) is 13.1 Å². The molecule has 0 aliphatic heterocycles. The fourth-order valence-corrected chi connectivity index (χ4v) is 3.24. The van der Waals surface area contributed by atoms with Gasteiger partial charge >= 0.3 is 6.18 Å². The molecule has 7 heteroatoms. The lowest BCUT2D eigenvalue weighted by atomic mass is 10.2. The minimum absolute atomic E-state index is 0.462. The van der Waals surface area contributed by atoms with Gasteiger partial charge in [-0.2, -0.15) is 13.2 Å². The van der Waals surface area contributed by atoms with Crippen molar-refractivity contribution in [2.24, 2.45) is 0 Å². The number of alkyl halides is 3. The van der Waals surface area contributed by atoms with E-state index in [0.29, 0.717) is 11.8 Å². The average molecular weight is 362 g/mol. The molecule has 128 valence electrons. The number of halogens is 3. The molecule has 0 aliphatic rings. The Morgan fingerprint density at radius 1 is 1.16 bits per heavy atom. The van der Waals surface area contributed by atoms with Crippen molar-refractivity contribution in [1.82, 2.24) is 4.98 Å². The molecule has 1 heterocycles. The summed E-state index contributed by atoms with van der Waals surface area (Å²) < 4.78 is 37.4. The Morgan fingerprint density at radius 2 is 1.88 bits per heavy atom. The highest BCUT2D eigenvalue weighted by Gasteiger charge is 2.35. The molecular formula is C18H13F3N2OS. The van der Waals surface area contributed by atoms with Gasteiger partial charge in [0.25, 0.3) is 5.78 Å². The lowest BCUT2D eigenvalue weighted by molar-refractivity contribution is -0.165. The van der Waals surface area contributed by atoms with Crippen LogP contribution >= 0.6 is 11.3 Å². The first-order chi connectivity index (χ1) is 11.8. The van der Waals surface area contributed by atoms with E-state index >= 15 is 0 Å². The zero-order chi connectivity index (χ0) is 18.0. The van der Waals surface area contributed by atoms with E-state index in [9.17, 15) is 18.0 Å². The van der Waals surface area contributed by atoms with Gasteiger partial charge in [-0.3, -0.25) is 4.79 Å². The van der Waals surface area contributed by atoms with Gasteiger partial charge in [0.1, 0.15) is 5.01 Å². The molecule has 25 heavy (non-hydrogen) atoms. The number of anilines is 1. The van der Waals surface area contributed by atoms with E-state index in [1.165, 1.54) is 5.56 Å². The van der Waals surface area contributed by atoms with E-state index in [-0.39, 0.29) is 0 Å². The maximum Gasteiger partial charge on any atom is 0.454 e. The number of rotatable bonds is 4. The smallest absolute Gasteiger partial charge is 0.362 e. The van der Waals surface area contributed by atoms with Crippen molar-refractivity contribution in [1.29, 1.82) is 0 Å². The van der Waals surface area contributed by atoms with E-state index in [2.05, 4.69) is 16.4 Å². The summed E-state index contributed by atoms with van der Waals surface area (Å²) in [6.45, 7) is 2.02. The minimum Gasteiger partial charge on any atom is -0.362 e. The van der Waals surface area contributed by atoms with Gasteiger partial charge in [-0.25, -0.2) is 4.98 Å². The van der Waals surface area contributed by atoms with E-state index in [4.69, 9.17) is 0 Å². The van der Waals surface area contributed by atoms with Crippen molar-refractivity contribution in [3.63, 3.8) is 0 Å². The van der Waals surface area contributed by atoms with E-state index in [1.54, 1.807) is 23.5 Å². The van der Waals surface area contributed by atoms with Gasteiger partial charge in [0, 0.05) is 23.5 Å². The molecular weight excluding hydrogens is 349 g/mol. The zero-order valence-corrected chi connectivity index (χ0v) is 13.9. The van der Waals surface area contributed by atoms with Crippen LogP contribution in [0.5, 0.6) is 0 Å². The monoisotopic (exact) mass is 362 g/mol. The molecule has 0 atom stereocenters. The van der Waals surface area contributed by atoms with Crippen LogP contribution < -0.4 is 5.32 Å². The zero-order valence-electron chi connectivity index (χ0n) is 13.1. The summed E-state index contributed by atoms with van der Waals surface area (Å²) in [6, 6.07) is 13.1. The van der Waals surface area contributed by atoms with Crippen LogP contribution in [0, 0.1) is 6.92 Å². The lowest BCUT2D eigenvalue weighted by Crippen LogP contribution is -2.20. The van der Waals surface area contributed by atoms with Gasteiger partial charge in [-0.15, -0.1) is 11.3 Å². The Balaban J connectivity index is 1.73. The molecule has 0 spiro atoms. The second-order valence-corrected chi connectivity index (χ2v) is 6.44. The van der Waals surface area contributed by atoms with E-state index < -0.39 is 12.0 Å².